The second-order valence-electron chi connectivity index (χ2n) is 5.39. The Morgan fingerprint density at radius 1 is 1.50 bits per heavy atom. The van der Waals surface area contributed by atoms with Gasteiger partial charge >= 0.3 is 0 Å². The molecule has 1 aliphatic heterocycles. The molecule has 1 atom stereocenters. The van der Waals surface area contributed by atoms with E-state index in [9.17, 15) is 4.79 Å². The summed E-state index contributed by atoms with van der Waals surface area (Å²) >= 11 is 0. The van der Waals surface area contributed by atoms with Crippen molar-refractivity contribution in [2.75, 3.05) is 38.0 Å². The van der Waals surface area contributed by atoms with Crippen LogP contribution < -0.4 is 10.6 Å². The van der Waals surface area contributed by atoms with Crippen LogP contribution in [0.15, 0.2) is 24.4 Å². The van der Waals surface area contributed by atoms with Crippen LogP contribution in [-0.4, -0.2) is 48.5 Å². The minimum absolute atomic E-state index is 0.0591. The summed E-state index contributed by atoms with van der Waals surface area (Å²) in [6, 6.07) is 5.93. The molecule has 5 heteroatoms. The van der Waals surface area contributed by atoms with E-state index >= 15 is 0 Å². The zero-order valence-electron chi connectivity index (χ0n) is 12.1. The minimum atomic E-state index is 0.0591. The van der Waals surface area contributed by atoms with Crippen molar-refractivity contribution in [3.63, 3.8) is 0 Å². The van der Waals surface area contributed by atoms with Crippen LogP contribution in [0.25, 0.3) is 0 Å². The average molecular weight is 276 g/mol. The Hall–Kier alpha value is -1.62. The molecule has 0 unspecified atom stereocenters. The van der Waals surface area contributed by atoms with Crippen LogP contribution in [-0.2, 0) is 4.79 Å². The molecular formula is C15H24N4O. The normalized spacial score (nSPS) is 18.9. The van der Waals surface area contributed by atoms with Gasteiger partial charge in [0.15, 0.2) is 0 Å². The van der Waals surface area contributed by atoms with E-state index in [1.54, 1.807) is 6.92 Å². The lowest BCUT2D eigenvalue weighted by molar-refractivity contribution is -0.118. The van der Waals surface area contributed by atoms with Crippen LogP contribution in [0.4, 0.5) is 5.82 Å². The summed E-state index contributed by atoms with van der Waals surface area (Å²) < 4.78 is 0. The maximum Gasteiger partial charge on any atom is 0.216 e. The number of carbonyl (C=O) groups excluding carboxylic acids is 1. The van der Waals surface area contributed by atoms with Crippen LogP contribution in [0.3, 0.4) is 0 Å². The van der Waals surface area contributed by atoms with Crippen molar-refractivity contribution in [2.45, 2.75) is 19.8 Å². The predicted octanol–water partition coefficient (Wildman–Crippen LogP) is 1.34. The molecule has 2 rings (SSSR count). The number of likely N-dealkylation sites (tertiary alicyclic amines) is 1. The number of hydrogen-bond acceptors (Lipinski definition) is 4. The van der Waals surface area contributed by atoms with Gasteiger partial charge in [-0.25, -0.2) is 4.98 Å². The summed E-state index contributed by atoms with van der Waals surface area (Å²) in [4.78, 5) is 17.5. The number of hydrogen-bond donors (Lipinski definition) is 2. The molecule has 0 aliphatic carbocycles. The Balaban J connectivity index is 1.59. The molecule has 0 aromatic carbocycles. The number of pyridine rings is 1. The molecule has 0 radical (unpaired) electrons. The Bertz CT molecular complexity index is 410. The van der Waals surface area contributed by atoms with Crippen molar-refractivity contribution in [3.05, 3.63) is 24.4 Å². The van der Waals surface area contributed by atoms with Crippen LogP contribution in [0.1, 0.15) is 19.8 Å². The smallest absolute Gasteiger partial charge is 0.216 e. The first-order chi connectivity index (χ1) is 9.74. The molecule has 1 fully saturated rings. The summed E-state index contributed by atoms with van der Waals surface area (Å²) in [7, 11) is 0. The lowest BCUT2D eigenvalue weighted by atomic mass is 10.1. The van der Waals surface area contributed by atoms with Gasteiger partial charge in [0.1, 0.15) is 5.82 Å². The van der Waals surface area contributed by atoms with Crippen molar-refractivity contribution < 1.29 is 4.79 Å². The third-order valence-electron chi connectivity index (χ3n) is 3.63. The Labute approximate surface area is 120 Å². The van der Waals surface area contributed by atoms with Crippen molar-refractivity contribution in [1.82, 2.24) is 15.2 Å². The molecule has 110 valence electrons. The highest BCUT2D eigenvalue weighted by Crippen LogP contribution is 2.16. The van der Waals surface area contributed by atoms with Crippen LogP contribution >= 0.6 is 0 Å². The van der Waals surface area contributed by atoms with Gasteiger partial charge in [0, 0.05) is 32.8 Å². The highest BCUT2D eigenvalue weighted by molar-refractivity contribution is 5.72. The lowest BCUT2D eigenvalue weighted by Gasteiger charge is -2.16. The van der Waals surface area contributed by atoms with E-state index in [0.29, 0.717) is 5.92 Å². The maximum atomic E-state index is 10.8. The van der Waals surface area contributed by atoms with E-state index in [0.717, 1.165) is 45.0 Å². The SMILES string of the molecule is CC(=O)NCCCN1CC[C@H](CNc2ccccn2)C1. The van der Waals surface area contributed by atoms with Crippen LogP contribution in [0.2, 0.25) is 0 Å². The number of nitrogens with zero attached hydrogens (tertiary/aromatic N) is 2. The van der Waals surface area contributed by atoms with Gasteiger partial charge in [-0.2, -0.15) is 0 Å². The highest BCUT2D eigenvalue weighted by atomic mass is 16.1. The summed E-state index contributed by atoms with van der Waals surface area (Å²) in [6.45, 7) is 6.70. The number of carbonyl (C=O) groups is 1. The molecule has 2 N–H and O–H groups in total. The Kier molecular flexibility index (Phi) is 5.80. The van der Waals surface area contributed by atoms with E-state index in [4.69, 9.17) is 0 Å². The van der Waals surface area contributed by atoms with E-state index in [-0.39, 0.29) is 5.91 Å². The summed E-state index contributed by atoms with van der Waals surface area (Å²) in [5.41, 5.74) is 0. The molecule has 0 spiro atoms. The lowest BCUT2D eigenvalue weighted by Crippen LogP contribution is -2.28. The monoisotopic (exact) mass is 276 g/mol. The first-order valence-electron chi connectivity index (χ1n) is 7.36. The summed E-state index contributed by atoms with van der Waals surface area (Å²) in [5.74, 6) is 1.71. The summed E-state index contributed by atoms with van der Waals surface area (Å²) in [6.07, 6.45) is 4.07. The first kappa shape index (κ1) is 14.8. The second-order valence-corrected chi connectivity index (χ2v) is 5.39. The zero-order valence-corrected chi connectivity index (χ0v) is 12.1. The van der Waals surface area contributed by atoms with Gasteiger partial charge in [-0.15, -0.1) is 0 Å². The summed E-state index contributed by atoms with van der Waals surface area (Å²) in [5, 5.41) is 6.24. The number of anilines is 1. The third-order valence-corrected chi connectivity index (χ3v) is 3.63. The number of rotatable bonds is 7. The largest absolute Gasteiger partial charge is 0.370 e. The number of aromatic nitrogens is 1. The van der Waals surface area contributed by atoms with Crippen molar-refractivity contribution in [3.8, 4) is 0 Å². The molecule has 20 heavy (non-hydrogen) atoms. The van der Waals surface area contributed by atoms with Crippen LogP contribution in [0.5, 0.6) is 0 Å². The topological polar surface area (TPSA) is 57.3 Å². The predicted molar refractivity (Wildman–Crippen MR) is 80.6 cm³/mol. The maximum absolute atomic E-state index is 10.8. The average Bonchev–Trinajstić information content (AvgIpc) is 2.90. The fourth-order valence-corrected chi connectivity index (χ4v) is 2.57. The fourth-order valence-electron chi connectivity index (χ4n) is 2.57. The van der Waals surface area contributed by atoms with E-state index in [1.165, 1.54) is 6.42 Å². The molecule has 1 aromatic heterocycles. The molecule has 0 bridgehead atoms. The molecule has 1 aliphatic rings. The molecule has 1 amide bonds. The second kappa shape index (κ2) is 7.85. The molecule has 1 saturated heterocycles. The zero-order chi connectivity index (χ0) is 14.2. The highest BCUT2D eigenvalue weighted by Gasteiger charge is 2.21. The number of amides is 1. The molecular weight excluding hydrogens is 252 g/mol. The fraction of sp³-hybridized carbons (Fsp3) is 0.600. The van der Waals surface area contributed by atoms with Crippen molar-refractivity contribution in [1.29, 1.82) is 0 Å². The quantitative estimate of drug-likeness (QED) is 0.738. The van der Waals surface area contributed by atoms with Crippen molar-refractivity contribution in [2.24, 2.45) is 5.92 Å². The molecule has 0 saturated carbocycles. The standard InChI is InChI=1S/C15H24N4O/c1-13(20)16-8-4-9-19-10-6-14(12-19)11-18-15-5-2-3-7-17-15/h2-3,5,7,14H,4,6,8-12H2,1H3,(H,16,20)(H,17,18)/t14-/m1/s1. The van der Waals surface area contributed by atoms with Crippen molar-refractivity contribution >= 4 is 11.7 Å². The number of nitrogens with one attached hydrogen (secondary N) is 2. The van der Waals surface area contributed by atoms with Gasteiger partial charge in [0.25, 0.3) is 0 Å². The van der Waals surface area contributed by atoms with Gasteiger partial charge in [0.2, 0.25) is 5.91 Å². The van der Waals surface area contributed by atoms with E-state index in [2.05, 4.69) is 20.5 Å². The van der Waals surface area contributed by atoms with Gasteiger partial charge in [-0.3, -0.25) is 4.79 Å². The van der Waals surface area contributed by atoms with Gasteiger partial charge < -0.3 is 15.5 Å². The third kappa shape index (κ3) is 5.17. The Morgan fingerprint density at radius 3 is 3.15 bits per heavy atom. The Morgan fingerprint density at radius 2 is 2.40 bits per heavy atom. The molecule has 1 aromatic rings. The molecule has 5 nitrogen and oxygen atoms in total. The van der Waals surface area contributed by atoms with Gasteiger partial charge in [-0.1, -0.05) is 6.07 Å². The van der Waals surface area contributed by atoms with E-state index < -0.39 is 0 Å². The van der Waals surface area contributed by atoms with Crippen LogP contribution in [0, 0.1) is 5.92 Å². The minimum Gasteiger partial charge on any atom is -0.370 e. The van der Waals surface area contributed by atoms with Gasteiger partial charge in [0.05, 0.1) is 0 Å². The molecule has 2 heterocycles. The first-order valence-corrected chi connectivity index (χ1v) is 7.36. The van der Waals surface area contributed by atoms with Gasteiger partial charge in [-0.05, 0) is 44.0 Å². The van der Waals surface area contributed by atoms with E-state index in [1.807, 2.05) is 24.4 Å².